The maximum Gasteiger partial charge on any atom is 0.410 e. The first-order valence-corrected chi connectivity index (χ1v) is 9.94. The number of carbonyl (C=O) groups is 3. The molecule has 7 nitrogen and oxygen atoms in total. The van der Waals surface area contributed by atoms with E-state index in [0.29, 0.717) is 32.7 Å². The zero-order valence-electron chi connectivity index (χ0n) is 17.7. The highest BCUT2D eigenvalue weighted by atomic mass is 16.6. The van der Waals surface area contributed by atoms with E-state index in [-0.39, 0.29) is 23.8 Å². The third kappa shape index (κ3) is 5.84. The Morgan fingerprint density at radius 2 is 1.37 bits per heavy atom. The summed E-state index contributed by atoms with van der Waals surface area (Å²) in [5.41, 5.74) is -0.945. The zero-order valence-corrected chi connectivity index (χ0v) is 17.7. The summed E-state index contributed by atoms with van der Waals surface area (Å²) in [6.45, 7) is 14.5. The second-order valence-electron chi connectivity index (χ2n) is 9.63. The molecule has 2 fully saturated rings. The van der Waals surface area contributed by atoms with E-state index in [1.165, 1.54) is 0 Å². The van der Waals surface area contributed by atoms with Gasteiger partial charge >= 0.3 is 6.09 Å². The van der Waals surface area contributed by atoms with Crippen molar-refractivity contribution in [2.24, 2.45) is 11.3 Å². The minimum Gasteiger partial charge on any atom is -0.444 e. The summed E-state index contributed by atoms with van der Waals surface area (Å²) in [4.78, 5) is 43.0. The summed E-state index contributed by atoms with van der Waals surface area (Å²) in [5.74, 6) is 0.0677. The summed E-state index contributed by atoms with van der Waals surface area (Å²) in [6.07, 6.45) is 1.35. The number of hydrogen-bond donors (Lipinski definition) is 0. The van der Waals surface area contributed by atoms with E-state index in [0.717, 1.165) is 19.4 Å². The van der Waals surface area contributed by atoms with Crippen LogP contribution in [0.1, 0.15) is 54.4 Å². The number of piperidine rings is 1. The molecule has 0 radical (unpaired) electrons. The fourth-order valence-electron chi connectivity index (χ4n) is 3.53. The zero-order chi connectivity index (χ0) is 20.4. The van der Waals surface area contributed by atoms with Gasteiger partial charge in [-0.3, -0.25) is 9.59 Å². The highest BCUT2D eigenvalue weighted by molar-refractivity contribution is 5.84. The predicted molar refractivity (Wildman–Crippen MR) is 103 cm³/mol. The van der Waals surface area contributed by atoms with Gasteiger partial charge in [-0.15, -0.1) is 0 Å². The Kier molecular flexibility index (Phi) is 6.43. The molecule has 2 heterocycles. The third-order valence-electron chi connectivity index (χ3n) is 4.94. The Bertz CT molecular complexity index is 569. The number of piperazine rings is 1. The fourth-order valence-corrected chi connectivity index (χ4v) is 3.53. The fraction of sp³-hybridized carbons (Fsp3) is 0.850. The molecular weight excluding hydrogens is 346 g/mol. The van der Waals surface area contributed by atoms with Gasteiger partial charge in [-0.05, 0) is 33.6 Å². The van der Waals surface area contributed by atoms with Crippen LogP contribution >= 0.6 is 0 Å². The van der Waals surface area contributed by atoms with Crippen molar-refractivity contribution in [3.05, 3.63) is 0 Å². The number of carbonyl (C=O) groups excluding carboxylic acids is 3. The molecule has 154 valence electrons. The second kappa shape index (κ2) is 8.07. The maximum absolute atomic E-state index is 12.9. The van der Waals surface area contributed by atoms with Crippen molar-refractivity contribution in [3.8, 4) is 0 Å². The quantitative estimate of drug-likeness (QED) is 0.699. The minimum atomic E-state index is -0.519. The molecule has 0 aromatic rings. The molecule has 27 heavy (non-hydrogen) atoms. The number of likely N-dealkylation sites (tertiary alicyclic amines) is 1. The van der Waals surface area contributed by atoms with Crippen LogP contribution in [0.2, 0.25) is 0 Å². The molecule has 2 rings (SSSR count). The monoisotopic (exact) mass is 381 g/mol. The van der Waals surface area contributed by atoms with Crippen LogP contribution in [0.25, 0.3) is 0 Å². The Morgan fingerprint density at radius 3 is 1.89 bits per heavy atom. The molecule has 2 aliphatic heterocycles. The summed E-state index contributed by atoms with van der Waals surface area (Å²) in [6, 6.07) is 0. The van der Waals surface area contributed by atoms with Gasteiger partial charge in [-0.25, -0.2) is 4.79 Å². The number of amides is 3. The first kappa shape index (κ1) is 21.5. The van der Waals surface area contributed by atoms with E-state index in [2.05, 4.69) is 0 Å². The van der Waals surface area contributed by atoms with Gasteiger partial charge in [-0.2, -0.15) is 0 Å². The van der Waals surface area contributed by atoms with E-state index >= 15 is 0 Å². The van der Waals surface area contributed by atoms with Gasteiger partial charge in [0.05, 0.1) is 5.92 Å². The lowest BCUT2D eigenvalue weighted by Crippen LogP contribution is -2.55. The molecule has 0 spiro atoms. The van der Waals surface area contributed by atoms with Crippen LogP contribution in [0, 0.1) is 11.3 Å². The van der Waals surface area contributed by atoms with Crippen molar-refractivity contribution >= 4 is 17.9 Å². The average molecular weight is 382 g/mol. The maximum atomic E-state index is 12.9. The van der Waals surface area contributed by atoms with E-state index in [9.17, 15) is 14.4 Å². The van der Waals surface area contributed by atoms with Crippen LogP contribution in [0.5, 0.6) is 0 Å². The lowest BCUT2D eigenvalue weighted by molar-refractivity contribution is -0.146. The van der Waals surface area contributed by atoms with Crippen LogP contribution in [-0.2, 0) is 14.3 Å². The van der Waals surface area contributed by atoms with Crippen molar-refractivity contribution in [1.82, 2.24) is 14.7 Å². The Labute approximate surface area is 163 Å². The van der Waals surface area contributed by atoms with Crippen molar-refractivity contribution in [3.63, 3.8) is 0 Å². The number of nitrogens with zero attached hydrogens (tertiary/aromatic N) is 3. The van der Waals surface area contributed by atoms with E-state index in [1.807, 2.05) is 51.3 Å². The summed E-state index contributed by atoms with van der Waals surface area (Å²) >= 11 is 0. The van der Waals surface area contributed by atoms with Crippen LogP contribution in [0.15, 0.2) is 0 Å². The molecule has 1 unspecified atom stereocenters. The summed E-state index contributed by atoms with van der Waals surface area (Å²) < 4.78 is 5.40. The minimum absolute atomic E-state index is 0.102. The molecule has 0 N–H and O–H groups in total. The Hall–Kier alpha value is -1.79. The lowest BCUT2D eigenvalue weighted by atomic mass is 9.90. The smallest absolute Gasteiger partial charge is 0.410 e. The van der Waals surface area contributed by atoms with E-state index < -0.39 is 11.0 Å². The van der Waals surface area contributed by atoms with Crippen LogP contribution in [0.3, 0.4) is 0 Å². The number of ether oxygens (including phenoxy) is 1. The van der Waals surface area contributed by atoms with Crippen LogP contribution in [-0.4, -0.2) is 77.5 Å². The molecule has 0 saturated carbocycles. The summed E-state index contributed by atoms with van der Waals surface area (Å²) in [7, 11) is 0. The van der Waals surface area contributed by atoms with Gasteiger partial charge in [0.25, 0.3) is 0 Å². The second-order valence-corrected chi connectivity index (χ2v) is 9.63. The van der Waals surface area contributed by atoms with Gasteiger partial charge in [0.15, 0.2) is 0 Å². The van der Waals surface area contributed by atoms with Crippen LogP contribution in [0.4, 0.5) is 4.79 Å². The molecule has 0 aliphatic carbocycles. The molecule has 0 aromatic heterocycles. The third-order valence-corrected chi connectivity index (χ3v) is 4.94. The summed E-state index contributed by atoms with van der Waals surface area (Å²) in [5, 5.41) is 0. The molecule has 7 heteroatoms. The SMILES string of the molecule is CC(C)(C)OC(=O)N1CCN(C(=O)C2CCCN(C(=O)C(C)(C)C)C2)CC1. The molecule has 3 amide bonds. The first-order valence-electron chi connectivity index (χ1n) is 9.94. The molecular formula is C20H35N3O4. The number of hydrogen-bond acceptors (Lipinski definition) is 4. The highest BCUT2D eigenvalue weighted by Crippen LogP contribution is 2.25. The van der Waals surface area contributed by atoms with Crippen molar-refractivity contribution in [2.75, 3.05) is 39.3 Å². The van der Waals surface area contributed by atoms with Gasteiger partial charge in [0.2, 0.25) is 11.8 Å². The molecule has 1 atom stereocenters. The topological polar surface area (TPSA) is 70.2 Å². The van der Waals surface area contributed by atoms with Gasteiger partial charge in [0.1, 0.15) is 5.60 Å². The van der Waals surface area contributed by atoms with Crippen LogP contribution < -0.4 is 0 Å². The van der Waals surface area contributed by atoms with E-state index in [1.54, 1.807) is 4.90 Å². The lowest BCUT2D eigenvalue weighted by Gasteiger charge is -2.40. The Balaban J connectivity index is 1.88. The standard InChI is InChI=1S/C20H35N3O4/c1-19(2,3)17(25)23-9-7-8-15(14-23)16(24)21-10-12-22(13-11-21)18(26)27-20(4,5)6/h15H,7-14H2,1-6H3. The first-order chi connectivity index (χ1) is 12.4. The largest absolute Gasteiger partial charge is 0.444 e. The molecule has 2 aliphatic rings. The van der Waals surface area contributed by atoms with Crippen molar-refractivity contribution in [1.29, 1.82) is 0 Å². The van der Waals surface area contributed by atoms with Gasteiger partial charge in [0, 0.05) is 44.7 Å². The number of rotatable bonds is 1. The van der Waals surface area contributed by atoms with Crippen molar-refractivity contribution < 1.29 is 19.1 Å². The molecule has 2 saturated heterocycles. The normalized spacial score (nSPS) is 21.9. The van der Waals surface area contributed by atoms with Gasteiger partial charge in [-0.1, -0.05) is 20.8 Å². The highest BCUT2D eigenvalue weighted by Gasteiger charge is 2.36. The van der Waals surface area contributed by atoms with Gasteiger partial charge < -0.3 is 19.4 Å². The van der Waals surface area contributed by atoms with Crippen molar-refractivity contribution in [2.45, 2.75) is 60.0 Å². The molecule has 0 aromatic carbocycles. The van der Waals surface area contributed by atoms with E-state index in [4.69, 9.17) is 4.74 Å². The Morgan fingerprint density at radius 1 is 0.815 bits per heavy atom. The predicted octanol–water partition coefficient (Wildman–Crippen LogP) is 2.35. The molecule has 0 bridgehead atoms. The average Bonchev–Trinajstić information content (AvgIpc) is 2.58.